The molecule has 2 saturated heterocycles. The molecular formula is C12H22N2O. The van der Waals surface area contributed by atoms with Crippen LogP contribution in [-0.4, -0.2) is 47.3 Å². The van der Waals surface area contributed by atoms with Gasteiger partial charge in [0.2, 0.25) is 0 Å². The average molecular weight is 210 g/mol. The zero-order valence-corrected chi connectivity index (χ0v) is 9.36. The molecule has 86 valence electrons. The molecule has 3 aliphatic rings. The fourth-order valence-electron chi connectivity index (χ4n) is 3.30. The predicted octanol–water partition coefficient (Wildman–Crippen LogP) is 0.726. The molecule has 0 aromatic heterocycles. The van der Waals surface area contributed by atoms with E-state index in [9.17, 15) is 5.11 Å². The van der Waals surface area contributed by atoms with Gasteiger partial charge in [-0.1, -0.05) is 0 Å². The minimum Gasteiger partial charge on any atom is -0.393 e. The van der Waals surface area contributed by atoms with Crippen molar-refractivity contribution in [1.82, 2.24) is 10.2 Å². The monoisotopic (exact) mass is 210 g/mol. The summed E-state index contributed by atoms with van der Waals surface area (Å²) < 4.78 is 0. The third-order valence-corrected chi connectivity index (χ3v) is 4.24. The topological polar surface area (TPSA) is 35.5 Å². The first-order chi connectivity index (χ1) is 7.33. The van der Waals surface area contributed by atoms with E-state index in [1.807, 2.05) is 0 Å². The summed E-state index contributed by atoms with van der Waals surface area (Å²) in [7, 11) is 0. The van der Waals surface area contributed by atoms with Crippen LogP contribution in [-0.2, 0) is 0 Å². The molecule has 1 aliphatic carbocycles. The lowest BCUT2D eigenvalue weighted by Gasteiger charge is -2.37. The summed E-state index contributed by atoms with van der Waals surface area (Å²) in [6.45, 7) is 2.34. The van der Waals surface area contributed by atoms with E-state index in [4.69, 9.17) is 0 Å². The van der Waals surface area contributed by atoms with Crippen LogP contribution in [0, 0.1) is 0 Å². The third-order valence-electron chi connectivity index (χ3n) is 4.24. The first-order valence-corrected chi connectivity index (χ1v) is 6.50. The molecule has 0 spiro atoms. The van der Waals surface area contributed by atoms with E-state index in [1.54, 1.807) is 0 Å². The SMILES string of the molecule is OC1CC2CCC(C1)N2CCNC1CC1. The third kappa shape index (κ3) is 2.19. The summed E-state index contributed by atoms with van der Waals surface area (Å²) in [5.74, 6) is 0. The van der Waals surface area contributed by atoms with Gasteiger partial charge in [-0.3, -0.25) is 4.90 Å². The Kier molecular flexibility index (Phi) is 2.71. The second kappa shape index (κ2) is 4.04. The van der Waals surface area contributed by atoms with Crippen LogP contribution in [0.4, 0.5) is 0 Å². The minimum absolute atomic E-state index is 0.0184. The fourth-order valence-corrected chi connectivity index (χ4v) is 3.30. The van der Waals surface area contributed by atoms with Gasteiger partial charge in [-0.25, -0.2) is 0 Å². The van der Waals surface area contributed by atoms with E-state index in [0.717, 1.165) is 25.4 Å². The van der Waals surface area contributed by atoms with Gasteiger partial charge in [0.1, 0.15) is 0 Å². The molecule has 1 saturated carbocycles. The maximum Gasteiger partial charge on any atom is 0.0570 e. The lowest BCUT2D eigenvalue weighted by molar-refractivity contribution is 0.0361. The Morgan fingerprint density at radius 1 is 1.07 bits per heavy atom. The lowest BCUT2D eigenvalue weighted by atomic mass is 10.00. The molecule has 2 atom stereocenters. The van der Waals surface area contributed by atoms with Crippen LogP contribution in [0.2, 0.25) is 0 Å². The smallest absolute Gasteiger partial charge is 0.0570 e. The van der Waals surface area contributed by atoms with Crippen molar-refractivity contribution in [3.8, 4) is 0 Å². The lowest BCUT2D eigenvalue weighted by Crippen LogP contribution is -2.47. The summed E-state index contributed by atoms with van der Waals surface area (Å²) in [4.78, 5) is 2.64. The van der Waals surface area contributed by atoms with Gasteiger partial charge in [-0.15, -0.1) is 0 Å². The molecule has 2 aliphatic heterocycles. The van der Waals surface area contributed by atoms with E-state index in [0.29, 0.717) is 12.1 Å². The standard InChI is InChI=1S/C12H22N2O/c15-12-7-10-3-4-11(8-12)14(10)6-5-13-9-1-2-9/h9-13,15H,1-8H2. The first kappa shape index (κ1) is 10.1. The maximum absolute atomic E-state index is 9.69. The van der Waals surface area contributed by atoms with Gasteiger partial charge in [0.15, 0.2) is 0 Å². The van der Waals surface area contributed by atoms with Gasteiger partial charge in [-0.05, 0) is 38.5 Å². The first-order valence-electron chi connectivity index (χ1n) is 6.50. The molecule has 0 amide bonds. The predicted molar refractivity (Wildman–Crippen MR) is 59.8 cm³/mol. The molecule has 0 aromatic carbocycles. The summed E-state index contributed by atoms with van der Waals surface area (Å²) in [5.41, 5.74) is 0. The van der Waals surface area contributed by atoms with Gasteiger partial charge in [0, 0.05) is 31.2 Å². The molecule has 15 heavy (non-hydrogen) atoms. The highest BCUT2D eigenvalue weighted by Gasteiger charge is 2.39. The van der Waals surface area contributed by atoms with Crippen molar-refractivity contribution in [2.45, 2.75) is 62.8 Å². The zero-order valence-electron chi connectivity index (χ0n) is 9.36. The van der Waals surface area contributed by atoms with E-state index < -0.39 is 0 Å². The molecule has 3 nitrogen and oxygen atoms in total. The Hall–Kier alpha value is -0.120. The molecule has 3 heteroatoms. The van der Waals surface area contributed by atoms with Gasteiger partial charge >= 0.3 is 0 Å². The Morgan fingerprint density at radius 3 is 2.33 bits per heavy atom. The number of nitrogens with one attached hydrogen (secondary N) is 1. The summed E-state index contributed by atoms with van der Waals surface area (Å²) >= 11 is 0. The van der Waals surface area contributed by atoms with E-state index >= 15 is 0 Å². The fraction of sp³-hybridized carbons (Fsp3) is 1.00. The number of aliphatic hydroxyl groups is 1. The Bertz CT molecular complexity index is 216. The van der Waals surface area contributed by atoms with Crippen molar-refractivity contribution in [3.63, 3.8) is 0 Å². The summed E-state index contributed by atoms with van der Waals surface area (Å²) in [5, 5.41) is 13.3. The second-order valence-electron chi connectivity index (χ2n) is 5.48. The number of hydrogen-bond acceptors (Lipinski definition) is 3. The molecule has 2 heterocycles. The Morgan fingerprint density at radius 2 is 1.73 bits per heavy atom. The maximum atomic E-state index is 9.69. The van der Waals surface area contributed by atoms with E-state index in [1.165, 1.54) is 32.2 Å². The molecule has 0 radical (unpaired) electrons. The zero-order chi connectivity index (χ0) is 10.3. The van der Waals surface area contributed by atoms with Crippen molar-refractivity contribution in [3.05, 3.63) is 0 Å². The number of nitrogens with zero attached hydrogens (tertiary/aromatic N) is 1. The highest BCUT2D eigenvalue weighted by Crippen LogP contribution is 2.35. The molecule has 2 unspecified atom stereocenters. The number of rotatable bonds is 4. The van der Waals surface area contributed by atoms with Crippen LogP contribution in [0.5, 0.6) is 0 Å². The van der Waals surface area contributed by atoms with Gasteiger partial charge in [0.05, 0.1) is 6.10 Å². The summed E-state index contributed by atoms with van der Waals surface area (Å²) in [6, 6.07) is 2.19. The molecule has 2 N–H and O–H groups in total. The number of piperidine rings is 1. The molecule has 0 aromatic rings. The van der Waals surface area contributed by atoms with Crippen LogP contribution in [0.25, 0.3) is 0 Å². The Labute approximate surface area is 91.8 Å². The molecule has 3 fully saturated rings. The normalized spacial score (nSPS) is 41.0. The molecule has 3 rings (SSSR count). The van der Waals surface area contributed by atoms with Crippen molar-refractivity contribution >= 4 is 0 Å². The van der Waals surface area contributed by atoms with Gasteiger partial charge < -0.3 is 10.4 Å². The quantitative estimate of drug-likeness (QED) is 0.718. The minimum atomic E-state index is -0.0184. The van der Waals surface area contributed by atoms with Crippen LogP contribution < -0.4 is 5.32 Å². The van der Waals surface area contributed by atoms with Crippen LogP contribution in [0.3, 0.4) is 0 Å². The van der Waals surface area contributed by atoms with Gasteiger partial charge in [-0.2, -0.15) is 0 Å². The van der Waals surface area contributed by atoms with Crippen LogP contribution in [0.15, 0.2) is 0 Å². The van der Waals surface area contributed by atoms with Crippen LogP contribution >= 0.6 is 0 Å². The van der Waals surface area contributed by atoms with E-state index in [2.05, 4.69) is 10.2 Å². The number of aliphatic hydroxyl groups excluding tert-OH is 1. The van der Waals surface area contributed by atoms with Crippen molar-refractivity contribution in [1.29, 1.82) is 0 Å². The Balaban J connectivity index is 1.48. The van der Waals surface area contributed by atoms with Crippen LogP contribution in [0.1, 0.15) is 38.5 Å². The number of hydrogen-bond donors (Lipinski definition) is 2. The highest BCUT2D eigenvalue weighted by molar-refractivity contribution is 4.95. The average Bonchev–Trinajstić information content (AvgIpc) is 2.97. The number of fused-ring (bicyclic) bond motifs is 2. The summed E-state index contributed by atoms with van der Waals surface area (Å²) in [6.07, 6.45) is 7.39. The van der Waals surface area contributed by atoms with Crippen molar-refractivity contribution < 1.29 is 5.11 Å². The highest BCUT2D eigenvalue weighted by atomic mass is 16.3. The van der Waals surface area contributed by atoms with E-state index in [-0.39, 0.29) is 6.10 Å². The van der Waals surface area contributed by atoms with Crippen molar-refractivity contribution in [2.75, 3.05) is 13.1 Å². The largest absolute Gasteiger partial charge is 0.393 e. The molecular weight excluding hydrogens is 188 g/mol. The second-order valence-corrected chi connectivity index (χ2v) is 5.48. The van der Waals surface area contributed by atoms with Gasteiger partial charge in [0.25, 0.3) is 0 Å². The molecule has 2 bridgehead atoms. The van der Waals surface area contributed by atoms with Crippen molar-refractivity contribution in [2.24, 2.45) is 0 Å².